The highest BCUT2D eigenvalue weighted by Gasteiger charge is 2.59. The molecule has 1 amide bonds. The zero-order chi connectivity index (χ0) is 23.0. The maximum absolute atomic E-state index is 13.9. The molecule has 172 valence electrons. The number of para-hydroxylation sites is 1. The number of benzene rings is 2. The first-order chi connectivity index (χ1) is 16.0. The van der Waals surface area contributed by atoms with E-state index < -0.39 is 5.60 Å². The van der Waals surface area contributed by atoms with Gasteiger partial charge in [-0.1, -0.05) is 42.5 Å². The lowest BCUT2D eigenvalue weighted by atomic mass is 9.83. The molecule has 3 heterocycles. The summed E-state index contributed by atoms with van der Waals surface area (Å²) in [7, 11) is 0. The second-order valence-corrected chi connectivity index (χ2v) is 10.1. The van der Waals surface area contributed by atoms with Gasteiger partial charge in [0.2, 0.25) is 0 Å². The van der Waals surface area contributed by atoms with Crippen LogP contribution >= 0.6 is 22.6 Å². The molecule has 2 aliphatic heterocycles. The summed E-state index contributed by atoms with van der Waals surface area (Å²) in [6.45, 7) is 3.37. The van der Waals surface area contributed by atoms with Gasteiger partial charge in [0.25, 0.3) is 5.91 Å². The van der Waals surface area contributed by atoms with Crippen molar-refractivity contribution in [1.29, 1.82) is 0 Å². The highest BCUT2D eigenvalue weighted by molar-refractivity contribution is 14.1. The quantitative estimate of drug-likeness (QED) is 0.448. The Balaban J connectivity index is 1.36. The zero-order valence-corrected chi connectivity index (χ0v) is 20.7. The van der Waals surface area contributed by atoms with Crippen LogP contribution in [-0.2, 0) is 34.6 Å². The largest absolute Gasteiger partial charge is 0.396 e. The van der Waals surface area contributed by atoms with Crippen LogP contribution in [0.4, 0.5) is 5.69 Å². The monoisotopic (exact) mass is 558 g/mol. The van der Waals surface area contributed by atoms with Crippen molar-refractivity contribution in [1.82, 2.24) is 15.0 Å². The fourth-order valence-corrected chi connectivity index (χ4v) is 5.44. The first-order valence-electron chi connectivity index (χ1n) is 11.3. The molecule has 0 saturated carbocycles. The van der Waals surface area contributed by atoms with E-state index in [1.807, 2.05) is 35.4 Å². The number of aromatic nitrogens is 3. The van der Waals surface area contributed by atoms with Crippen LogP contribution in [0.2, 0.25) is 0 Å². The van der Waals surface area contributed by atoms with Crippen molar-refractivity contribution >= 4 is 34.2 Å². The van der Waals surface area contributed by atoms with Crippen LogP contribution in [0.3, 0.4) is 0 Å². The predicted molar refractivity (Wildman–Crippen MR) is 133 cm³/mol. The number of carbonyl (C=O) groups is 1. The third kappa shape index (κ3) is 4.08. The number of carbonyl (C=O) groups excluding carboxylic acids is 1. The van der Waals surface area contributed by atoms with Crippen molar-refractivity contribution < 1.29 is 14.6 Å². The van der Waals surface area contributed by atoms with Crippen molar-refractivity contribution in [3.05, 3.63) is 75.1 Å². The number of amides is 1. The van der Waals surface area contributed by atoms with Gasteiger partial charge in [0.15, 0.2) is 5.60 Å². The van der Waals surface area contributed by atoms with Gasteiger partial charge in [0.05, 0.1) is 24.0 Å². The van der Waals surface area contributed by atoms with Gasteiger partial charge in [0, 0.05) is 40.8 Å². The molecule has 1 spiro atoms. The Morgan fingerprint density at radius 2 is 2.00 bits per heavy atom. The Morgan fingerprint density at radius 3 is 2.79 bits per heavy atom. The van der Waals surface area contributed by atoms with E-state index >= 15 is 0 Å². The lowest BCUT2D eigenvalue weighted by Crippen LogP contribution is -2.43. The number of rotatable bonds is 7. The molecule has 0 aliphatic carbocycles. The fraction of sp³-hybridized carbons (Fsp3) is 0.400. The Kier molecular flexibility index (Phi) is 6.24. The minimum atomic E-state index is -0.936. The van der Waals surface area contributed by atoms with Crippen molar-refractivity contribution in [3.63, 3.8) is 0 Å². The van der Waals surface area contributed by atoms with Crippen LogP contribution in [-0.4, -0.2) is 38.7 Å². The summed E-state index contributed by atoms with van der Waals surface area (Å²) >= 11 is 2.29. The first-order valence-corrected chi connectivity index (χ1v) is 12.4. The molecule has 5 rings (SSSR count). The summed E-state index contributed by atoms with van der Waals surface area (Å²) in [5.41, 5.74) is 2.86. The molecule has 1 aromatic heterocycles. The number of hydrogen-bond acceptors (Lipinski definition) is 5. The average Bonchev–Trinajstić information content (AvgIpc) is 3.47. The Bertz CT molecular complexity index is 1150. The van der Waals surface area contributed by atoms with Gasteiger partial charge < -0.3 is 14.7 Å². The molecule has 2 aliphatic rings. The van der Waals surface area contributed by atoms with Gasteiger partial charge in [-0.25, -0.2) is 0 Å². The normalized spacial score (nSPS) is 24.1. The van der Waals surface area contributed by atoms with Crippen LogP contribution in [0.25, 0.3) is 0 Å². The topological polar surface area (TPSA) is 80.5 Å². The lowest BCUT2D eigenvalue weighted by molar-refractivity contribution is -0.146. The first kappa shape index (κ1) is 22.5. The molecule has 3 atom stereocenters. The molecule has 1 saturated heterocycles. The zero-order valence-electron chi connectivity index (χ0n) is 18.5. The number of hydrogen-bond donors (Lipinski definition) is 1. The fourth-order valence-electron chi connectivity index (χ4n) is 5.09. The summed E-state index contributed by atoms with van der Waals surface area (Å²) < 4.78 is 9.59. The van der Waals surface area contributed by atoms with Gasteiger partial charge in [-0.05, 0) is 59.2 Å². The summed E-state index contributed by atoms with van der Waals surface area (Å²) in [5.74, 6) is 0.0989. The van der Waals surface area contributed by atoms with E-state index in [1.54, 1.807) is 4.68 Å². The number of aliphatic hydroxyl groups is 1. The van der Waals surface area contributed by atoms with E-state index in [0.29, 0.717) is 19.5 Å². The summed E-state index contributed by atoms with van der Waals surface area (Å²) in [5, 5.41) is 17.3. The van der Waals surface area contributed by atoms with Crippen molar-refractivity contribution in [2.75, 3.05) is 11.5 Å². The Hall–Kier alpha value is -2.30. The van der Waals surface area contributed by atoms with E-state index in [0.717, 1.165) is 35.3 Å². The van der Waals surface area contributed by atoms with Crippen LogP contribution in [0.1, 0.15) is 36.6 Å². The minimum absolute atomic E-state index is 0.0308. The molecule has 7 nitrogen and oxygen atoms in total. The van der Waals surface area contributed by atoms with Crippen LogP contribution < -0.4 is 4.90 Å². The number of aliphatic hydroxyl groups excluding tert-OH is 1. The van der Waals surface area contributed by atoms with E-state index in [1.165, 1.54) is 3.57 Å². The van der Waals surface area contributed by atoms with Crippen molar-refractivity contribution in [2.24, 2.45) is 5.92 Å². The van der Waals surface area contributed by atoms with Crippen LogP contribution in [0.15, 0.2) is 54.7 Å². The van der Waals surface area contributed by atoms with E-state index in [-0.39, 0.29) is 24.5 Å². The molecule has 0 unspecified atom stereocenters. The van der Waals surface area contributed by atoms with Crippen molar-refractivity contribution in [2.45, 2.75) is 51.0 Å². The van der Waals surface area contributed by atoms with Gasteiger partial charge in [0.1, 0.15) is 0 Å². The molecule has 8 heteroatoms. The molecule has 33 heavy (non-hydrogen) atoms. The third-order valence-corrected chi connectivity index (χ3v) is 7.43. The van der Waals surface area contributed by atoms with E-state index in [4.69, 9.17) is 9.84 Å². The number of anilines is 1. The highest BCUT2D eigenvalue weighted by atomic mass is 127. The van der Waals surface area contributed by atoms with Crippen LogP contribution in [0, 0.1) is 9.49 Å². The standard InChI is InChI=1S/C25H27IN4O3/c1-17-14-21(10-12-29-16-20(11-13-31)27-28-29)33-25(17)22-4-2-3-5-23(22)30(24(25)32)15-18-6-8-19(26)9-7-18/h2-9,16-17,21,31H,10-15H2,1H3/t17-,21+,25+/m1/s1. The number of nitrogens with zero attached hydrogens (tertiary/aromatic N) is 4. The Morgan fingerprint density at radius 1 is 1.21 bits per heavy atom. The average molecular weight is 558 g/mol. The van der Waals surface area contributed by atoms with Gasteiger partial charge in [-0.2, -0.15) is 0 Å². The van der Waals surface area contributed by atoms with Gasteiger partial charge in [-0.3, -0.25) is 9.48 Å². The lowest BCUT2D eigenvalue weighted by Gasteiger charge is -2.28. The van der Waals surface area contributed by atoms with Gasteiger partial charge >= 0.3 is 0 Å². The molecular weight excluding hydrogens is 531 g/mol. The number of ether oxygens (including phenoxy) is 1. The molecule has 2 aromatic carbocycles. The maximum atomic E-state index is 13.9. The second-order valence-electron chi connectivity index (χ2n) is 8.88. The molecule has 1 N–H and O–H groups in total. The number of fused-ring (bicyclic) bond motifs is 2. The SMILES string of the molecule is C[C@@H]1C[C@H](CCn2cc(CCO)nn2)O[C@@]12C(=O)N(Cc1ccc(I)cc1)c1ccccc12. The third-order valence-electron chi connectivity index (χ3n) is 6.71. The summed E-state index contributed by atoms with van der Waals surface area (Å²) in [6, 6.07) is 16.3. The highest BCUT2D eigenvalue weighted by Crippen LogP contribution is 2.53. The number of halogens is 1. The molecule has 3 aromatic rings. The minimum Gasteiger partial charge on any atom is -0.396 e. The van der Waals surface area contributed by atoms with E-state index in [9.17, 15) is 4.79 Å². The molecule has 1 fully saturated rings. The molecule has 0 radical (unpaired) electrons. The smallest absolute Gasteiger partial charge is 0.264 e. The molecular formula is C25H27IN4O3. The second kappa shape index (κ2) is 9.15. The van der Waals surface area contributed by atoms with Crippen molar-refractivity contribution in [3.8, 4) is 0 Å². The number of aryl methyl sites for hydroxylation is 1. The predicted octanol–water partition coefficient (Wildman–Crippen LogP) is 3.67. The Labute approximate surface area is 206 Å². The summed E-state index contributed by atoms with van der Waals surface area (Å²) in [6.07, 6.45) is 3.89. The van der Waals surface area contributed by atoms with Crippen LogP contribution in [0.5, 0.6) is 0 Å². The maximum Gasteiger partial charge on any atom is 0.264 e. The molecule has 0 bridgehead atoms. The van der Waals surface area contributed by atoms with E-state index in [2.05, 4.69) is 64.1 Å². The summed E-state index contributed by atoms with van der Waals surface area (Å²) in [4.78, 5) is 15.8. The van der Waals surface area contributed by atoms with Gasteiger partial charge in [-0.15, -0.1) is 5.10 Å².